The van der Waals surface area contributed by atoms with Crippen LogP contribution >= 0.6 is 19.5 Å². The first-order valence-corrected chi connectivity index (χ1v) is 9.63. The largest absolute Gasteiger partial charge is 0.322 e. The molecule has 1 fully saturated rings. The summed E-state index contributed by atoms with van der Waals surface area (Å²) >= 11 is 6.03. The van der Waals surface area contributed by atoms with E-state index in [9.17, 15) is 4.79 Å². The minimum absolute atomic E-state index is 0.0663. The van der Waals surface area contributed by atoms with E-state index in [4.69, 9.17) is 11.6 Å². The standard InChI is InChI=1S/C15H21ClNOP/c1-10-8-12(16)9-11(2)13(10)17-14(18)15(19(3)4)6-5-7-15/h8-9H,5-7H2,1-4H3,(H,17,18)/p+1. The Balaban J connectivity index is 2.24. The maximum Gasteiger partial charge on any atom is 0.267 e. The third kappa shape index (κ3) is 2.66. The van der Waals surface area contributed by atoms with Gasteiger partial charge in [-0.2, -0.15) is 0 Å². The number of carbonyl (C=O) groups is 1. The molecule has 1 aliphatic carbocycles. The molecule has 0 atom stereocenters. The lowest BCUT2D eigenvalue weighted by atomic mass is 9.83. The molecule has 1 aliphatic rings. The van der Waals surface area contributed by atoms with Crippen LogP contribution in [0, 0.1) is 13.8 Å². The molecule has 104 valence electrons. The van der Waals surface area contributed by atoms with E-state index in [0.717, 1.165) is 34.7 Å². The van der Waals surface area contributed by atoms with Gasteiger partial charge in [0, 0.05) is 32.0 Å². The van der Waals surface area contributed by atoms with E-state index in [2.05, 4.69) is 18.6 Å². The molecule has 0 heterocycles. The highest BCUT2D eigenvalue weighted by atomic mass is 35.5. The molecule has 0 aliphatic heterocycles. The van der Waals surface area contributed by atoms with Gasteiger partial charge in [-0.25, -0.2) is 0 Å². The van der Waals surface area contributed by atoms with Crippen molar-refractivity contribution >= 4 is 31.1 Å². The Morgan fingerprint density at radius 3 is 2.16 bits per heavy atom. The third-order valence-electron chi connectivity index (χ3n) is 4.33. The summed E-state index contributed by atoms with van der Waals surface area (Å²) in [5, 5.41) is 3.82. The van der Waals surface area contributed by atoms with Gasteiger partial charge in [0.05, 0.1) is 0 Å². The summed E-state index contributed by atoms with van der Waals surface area (Å²) in [6.07, 6.45) is 3.28. The zero-order valence-electron chi connectivity index (χ0n) is 12.1. The minimum atomic E-state index is -0.625. The van der Waals surface area contributed by atoms with Gasteiger partial charge in [0.2, 0.25) is 0 Å². The van der Waals surface area contributed by atoms with Crippen molar-refractivity contribution in [2.45, 2.75) is 38.3 Å². The van der Waals surface area contributed by atoms with Crippen LogP contribution in [0.5, 0.6) is 0 Å². The van der Waals surface area contributed by atoms with E-state index >= 15 is 0 Å². The number of nitrogens with one attached hydrogen (secondary N) is 1. The molecule has 0 spiro atoms. The number of amides is 1. The number of hydrogen-bond donors (Lipinski definition) is 1. The highest BCUT2D eigenvalue weighted by Crippen LogP contribution is 2.56. The van der Waals surface area contributed by atoms with Gasteiger partial charge in [-0.15, -0.1) is 0 Å². The number of halogens is 1. The molecule has 1 N–H and O–H groups in total. The number of anilines is 1. The second kappa shape index (κ2) is 5.42. The molecular weight excluding hydrogens is 277 g/mol. The van der Waals surface area contributed by atoms with E-state index in [1.54, 1.807) is 0 Å². The molecule has 2 nitrogen and oxygen atoms in total. The molecule has 0 saturated heterocycles. The van der Waals surface area contributed by atoms with Crippen LogP contribution in [0.25, 0.3) is 0 Å². The van der Waals surface area contributed by atoms with Crippen LogP contribution in [0.4, 0.5) is 5.69 Å². The summed E-state index contributed by atoms with van der Waals surface area (Å²) in [6.45, 7) is 8.47. The van der Waals surface area contributed by atoms with Crippen LogP contribution in [0.2, 0.25) is 5.02 Å². The Hall–Kier alpha value is -0.590. The summed E-state index contributed by atoms with van der Waals surface area (Å²) in [6, 6.07) is 3.81. The van der Waals surface area contributed by atoms with E-state index in [1.807, 2.05) is 26.0 Å². The highest BCUT2D eigenvalue weighted by molar-refractivity contribution is 7.59. The average Bonchev–Trinajstić information content (AvgIpc) is 2.20. The number of rotatable bonds is 3. The SMILES string of the molecule is Cc1cc(Cl)cc(C)c1NC(=O)C1([PH+](C)C)CCC1. The van der Waals surface area contributed by atoms with Crippen molar-refractivity contribution in [2.24, 2.45) is 0 Å². The molecule has 1 saturated carbocycles. The molecular formula is C15H22ClNOP+. The Kier molecular flexibility index (Phi) is 4.23. The van der Waals surface area contributed by atoms with Crippen LogP contribution in [0.15, 0.2) is 12.1 Å². The highest BCUT2D eigenvalue weighted by Gasteiger charge is 2.52. The van der Waals surface area contributed by atoms with Crippen molar-refractivity contribution < 1.29 is 4.79 Å². The summed E-state index contributed by atoms with van der Waals surface area (Å²) in [5.74, 6) is 0.214. The summed E-state index contributed by atoms with van der Waals surface area (Å²) in [5.41, 5.74) is 3.01. The predicted octanol–water partition coefficient (Wildman–Crippen LogP) is 4.29. The smallest absolute Gasteiger partial charge is 0.267 e. The van der Waals surface area contributed by atoms with Crippen LogP contribution in [-0.2, 0) is 4.79 Å². The zero-order valence-corrected chi connectivity index (χ0v) is 13.8. The van der Waals surface area contributed by atoms with Crippen molar-refractivity contribution in [2.75, 3.05) is 18.6 Å². The zero-order chi connectivity index (χ0) is 14.2. The summed E-state index contributed by atoms with van der Waals surface area (Å²) < 4.78 is 0. The topological polar surface area (TPSA) is 29.1 Å². The van der Waals surface area contributed by atoms with Crippen LogP contribution in [0.1, 0.15) is 30.4 Å². The van der Waals surface area contributed by atoms with Gasteiger partial charge in [0.1, 0.15) is 0 Å². The fourth-order valence-corrected chi connectivity index (χ4v) is 5.02. The van der Waals surface area contributed by atoms with E-state index < -0.39 is 7.92 Å². The first-order chi connectivity index (χ1) is 8.86. The first kappa shape index (κ1) is 14.8. The minimum Gasteiger partial charge on any atom is -0.322 e. The maximum absolute atomic E-state index is 12.6. The van der Waals surface area contributed by atoms with Gasteiger partial charge in [-0.3, -0.25) is 4.79 Å². The lowest BCUT2D eigenvalue weighted by Gasteiger charge is -2.38. The molecule has 2 rings (SSSR count). The second-order valence-corrected chi connectivity index (χ2v) is 9.20. The number of hydrogen-bond acceptors (Lipinski definition) is 1. The number of benzene rings is 1. The van der Waals surface area contributed by atoms with Crippen molar-refractivity contribution in [3.05, 3.63) is 28.3 Å². The normalized spacial score (nSPS) is 17.2. The van der Waals surface area contributed by atoms with Crippen LogP contribution in [-0.4, -0.2) is 24.4 Å². The Labute approximate surface area is 121 Å². The second-order valence-electron chi connectivity index (χ2n) is 5.80. The fraction of sp³-hybridized carbons (Fsp3) is 0.533. The van der Waals surface area contributed by atoms with Crippen molar-refractivity contribution in [3.8, 4) is 0 Å². The number of carbonyl (C=O) groups excluding carboxylic acids is 1. The fourth-order valence-electron chi connectivity index (χ4n) is 2.83. The van der Waals surface area contributed by atoms with E-state index in [1.165, 1.54) is 6.42 Å². The number of aryl methyl sites for hydroxylation is 2. The molecule has 1 amide bonds. The Morgan fingerprint density at radius 2 is 1.79 bits per heavy atom. The first-order valence-electron chi connectivity index (χ1n) is 6.75. The van der Waals surface area contributed by atoms with Crippen molar-refractivity contribution in [1.29, 1.82) is 0 Å². The predicted molar refractivity (Wildman–Crippen MR) is 86.3 cm³/mol. The van der Waals surface area contributed by atoms with E-state index in [0.29, 0.717) is 0 Å². The lowest BCUT2D eigenvalue weighted by Crippen LogP contribution is -2.46. The van der Waals surface area contributed by atoms with Crippen molar-refractivity contribution in [3.63, 3.8) is 0 Å². The van der Waals surface area contributed by atoms with Crippen molar-refractivity contribution in [1.82, 2.24) is 0 Å². The molecule has 0 radical (unpaired) electrons. The van der Waals surface area contributed by atoms with Gasteiger partial charge in [0.15, 0.2) is 5.16 Å². The molecule has 0 bridgehead atoms. The Morgan fingerprint density at radius 1 is 1.26 bits per heavy atom. The van der Waals surface area contributed by atoms with Crippen LogP contribution in [0.3, 0.4) is 0 Å². The van der Waals surface area contributed by atoms with Gasteiger partial charge in [0.25, 0.3) is 5.91 Å². The molecule has 0 unspecified atom stereocenters. The molecule has 19 heavy (non-hydrogen) atoms. The Bertz CT molecular complexity index is 486. The van der Waals surface area contributed by atoms with Gasteiger partial charge in [-0.05, 0) is 56.4 Å². The van der Waals surface area contributed by atoms with E-state index in [-0.39, 0.29) is 11.1 Å². The molecule has 1 aromatic carbocycles. The summed E-state index contributed by atoms with van der Waals surface area (Å²) in [4.78, 5) is 12.6. The van der Waals surface area contributed by atoms with Gasteiger partial charge >= 0.3 is 0 Å². The quantitative estimate of drug-likeness (QED) is 0.829. The van der Waals surface area contributed by atoms with Gasteiger partial charge < -0.3 is 5.32 Å². The lowest BCUT2D eigenvalue weighted by molar-refractivity contribution is -0.120. The van der Waals surface area contributed by atoms with Crippen LogP contribution < -0.4 is 5.32 Å². The molecule has 4 heteroatoms. The monoisotopic (exact) mass is 298 g/mol. The van der Waals surface area contributed by atoms with Gasteiger partial charge in [-0.1, -0.05) is 11.6 Å². The third-order valence-corrected chi connectivity index (χ3v) is 7.19. The summed E-state index contributed by atoms with van der Waals surface area (Å²) in [7, 11) is -0.625. The average molecular weight is 299 g/mol. The maximum atomic E-state index is 12.6. The molecule has 0 aromatic heterocycles. The molecule has 1 aromatic rings.